The van der Waals surface area contributed by atoms with Crippen molar-refractivity contribution in [1.82, 2.24) is 10.2 Å². The number of carbonyl (C=O) groups excluding carboxylic acids is 2. The van der Waals surface area contributed by atoms with Gasteiger partial charge >= 0.3 is 0 Å². The van der Waals surface area contributed by atoms with Crippen molar-refractivity contribution in [2.24, 2.45) is 0 Å². The highest BCUT2D eigenvalue weighted by Crippen LogP contribution is 2.27. The van der Waals surface area contributed by atoms with Crippen LogP contribution in [0.3, 0.4) is 0 Å². The van der Waals surface area contributed by atoms with Gasteiger partial charge in [-0.2, -0.15) is 0 Å². The van der Waals surface area contributed by atoms with Gasteiger partial charge in [-0.25, -0.2) is 8.42 Å². The number of hydrogen-bond donors (Lipinski definition) is 1. The molecule has 1 aliphatic carbocycles. The number of halogens is 2. The zero-order valence-corrected chi connectivity index (χ0v) is 21.5. The second kappa shape index (κ2) is 11.4. The fraction of sp³-hybridized carbons (Fsp3) is 0.417. The Balaban J connectivity index is 1.91. The first kappa shape index (κ1) is 26.3. The van der Waals surface area contributed by atoms with Crippen molar-refractivity contribution in [1.29, 1.82) is 0 Å². The number of nitrogens with one attached hydrogen (secondary N) is 1. The van der Waals surface area contributed by atoms with Gasteiger partial charge in [0, 0.05) is 28.2 Å². The van der Waals surface area contributed by atoms with Gasteiger partial charge in [-0.05, 0) is 44.0 Å². The molecule has 1 fully saturated rings. The van der Waals surface area contributed by atoms with Gasteiger partial charge in [0.1, 0.15) is 12.6 Å². The number of rotatable bonds is 9. The average Bonchev–Trinajstić information content (AvgIpc) is 3.29. The van der Waals surface area contributed by atoms with Crippen molar-refractivity contribution in [3.8, 4) is 0 Å². The highest BCUT2D eigenvalue weighted by Gasteiger charge is 2.32. The van der Waals surface area contributed by atoms with E-state index in [0.717, 1.165) is 36.2 Å². The Morgan fingerprint density at radius 1 is 1.03 bits per heavy atom. The fourth-order valence-corrected chi connectivity index (χ4v) is 5.40. The Morgan fingerprint density at radius 2 is 1.62 bits per heavy atom. The van der Waals surface area contributed by atoms with Gasteiger partial charge in [-0.3, -0.25) is 13.9 Å². The van der Waals surface area contributed by atoms with Crippen LogP contribution in [-0.4, -0.2) is 50.0 Å². The molecule has 34 heavy (non-hydrogen) atoms. The molecule has 0 aromatic heterocycles. The lowest BCUT2D eigenvalue weighted by molar-refractivity contribution is -0.139. The highest BCUT2D eigenvalue weighted by molar-refractivity contribution is 7.92. The van der Waals surface area contributed by atoms with Crippen molar-refractivity contribution in [2.45, 2.75) is 51.2 Å². The van der Waals surface area contributed by atoms with Crippen molar-refractivity contribution in [3.63, 3.8) is 0 Å². The first-order valence-electron chi connectivity index (χ1n) is 11.1. The van der Waals surface area contributed by atoms with Crippen LogP contribution in [0.15, 0.2) is 48.5 Å². The zero-order chi connectivity index (χ0) is 24.9. The Kier molecular flexibility index (Phi) is 8.84. The van der Waals surface area contributed by atoms with Gasteiger partial charge < -0.3 is 10.2 Å². The maximum atomic E-state index is 13.5. The molecule has 0 radical (unpaired) electrons. The standard InChI is InChI=1S/C24H29Cl2N3O4S/c1-17(24(31)27-18-9-6-7-10-18)28(15-20-21(25)13-8-14-22(20)26)23(30)16-29(34(2,32)33)19-11-4-3-5-12-19/h3-5,8,11-14,17-18H,6-7,9-10,15-16H2,1-2H3,(H,27,31). The number of nitrogens with zero attached hydrogens (tertiary/aromatic N) is 2. The van der Waals surface area contributed by atoms with E-state index in [0.29, 0.717) is 21.3 Å². The van der Waals surface area contributed by atoms with Crippen molar-refractivity contribution < 1.29 is 18.0 Å². The average molecular weight is 526 g/mol. The summed E-state index contributed by atoms with van der Waals surface area (Å²) in [7, 11) is -3.77. The molecule has 1 aliphatic rings. The monoisotopic (exact) mass is 525 g/mol. The summed E-state index contributed by atoms with van der Waals surface area (Å²) in [5.41, 5.74) is 0.849. The number of benzene rings is 2. The van der Waals surface area contributed by atoms with E-state index in [4.69, 9.17) is 23.2 Å². The molecule has 0 saturated heterocycles. The minimum Gasteiger partial charge on any atom is -0.352 e. The normalized spacial score (nSPS) is 15.1. The van der Waals surface area contributed by atoms with Crippen LogP contribution in [0.4, 0.5) is 5.69 Å². The predicted molar refractivity (Wildman–Crippen MR) is 136 cm³/mol. The maximum absolute atomic E-state index is 13.5. The molecule has 1 saturated carbocycles. The first-order valence-corrected chi connectivity index (χ1v) is 13.7. The zero-order valence-electron chi connectivity index (χ0n) is 19.2. The number of sulfonamides is 1. The molecule has 10 heteroatoms. The molecule has 0 heterocycles. The summed E-state index contributed by atoms with van der Waals surface area (Å²) in [6, 6.07) is 12.6. The molecule has 0 bridgehead atoms. The van der Waals surface area contributed by atoms with Crippen molar-refractivity contribution in [3.05, 3.63) is 64.1 Å². The van der Waals surface area contributed by atoms with E-state index in [2.05, 4.69) is 5.32 Å². The molecular formula is C24H29Cl2N3O4S. The maximum Gasteiger partial charge on any atom is 0.244 e. The van der Waals surface area contributed by atoms with Gasteiger partial charge in [0.2, 0.25) is 21.8 Å². The van der Waals surface area contributed by atoms with Crippen LogP contribution >= 0.6 is 23.2 Å². The number of amides is 2. The van der Waals surface area contributed by atoms with E-state index in [-0.39, 0.29) is 18.5 Å². The lowest BCUT2D eigenvalue weighted by atomic mass is 10.1. The SMILES string of the molecule is CC(C(=O)NC1CCCC1)N(Cc1c(Cl)cccc1Cl)C(=O)CN(c1ccccc1)S(C)(=O)=O. The Hall–Kier alpha value is -2.29. The molecule has 3 rings (SSSR count). The van der Waals surface area contributed by atoms with Crippen LogP contribution in [-0.2, 0) is 26.2 Å². The summed E-state index contributed by atoms with van der Waals surface area (Å²) in [6.45, 7) is 1.12. The van der Waals surface area contributed by atoms with E-state index >= 15 is 0 Å². The third kappa shape index (κ3) is 6.64. The van der Waals surface area contributed by atoms with Gasteiger partial charge in [0.25, 0.3) is 0 Å². The smallest absolute Gasteiger partial charge is 0.244 e. The molecule has 1 unspecified atom stereocenters. The molecule has 2 amide bonds. The van der Waals surface area contributed by atoms with Crippen molar-refractivity contribution in [2.75, 3.05) is 17.1 Å². The third-order valence-electron chi connectivity index (χ3n) is 5.98. The number of carbonyl (C=O) groups is 2. The summed E-state index contributed by atoms with van der Waals surface area (Å²) in [5.74, 6) is -0.839. The second-order valence-electron chi connectivity index (χ2n) is 8.49. The van der Waals surface area contributed by atoms with Crippen molar-refractivity contribution >= 4 is 50.7 Å². The summed E-state index contributed by atoms with van der Waals surface area (Å²) in [6.07, 6.45) is 4.95. The molecule has 2 aromatic rings. The Labute approximate surface area is 211 Å². The van der Waals surface area contributed by atoms with E-state index in [1.54, 1.807) is 55.5 Å². The first-order chi connectivity index (χ1) is 16.1. The van der Waals surface area contributed by atoms with Gasteiger partial charge in [-0.15, -0.1) is 0 Å². The van der Waals surface area contributed by atoms with Gasteiger partial charge in [0.15, 0.2) is 0 Å². The Bertz CT molecular complexity index is 1100. The summed E-state index contributed by atoms with van der Waals surface area (Å²) in [4.78, 5) is 27.9. The summed E-state index contributed by atoms with van der Waals surface area (Å²) in [5, 5.41) is 3.73. The van der Waals surface area contributed by atoms with Crippen LogP contribution < -0.4 is 9.62 Å². The topological polar surface area (TPSA) is 86.8 Å². The highest BCUT2D eigenvalue weighted by atomic mass is 35.5. The van der Waals surface area contributed by atoms with Crippen LogP contribution in [0, 0.1) is 0 Å². The van der Waals surface area contributed by atoms with Gasteiger partial charge in [-0.1, -0.05) is 60.3 Å². The predicted octanol–water partition coefficient (Wildman–Crippen LogP) is 4.24. The quantitative estimate of drug-likeness (QED) is 0.530. The Morgan fingerprint density at radius 3 is 2.18 bits per heavy atom. The molecular weight excluding hydrogens is 497 g/mol. The molecule has 2 aromatic carbocycles. The molecule has 1 atom stereocenters. The van der Waals surface area contributed by atoms with Crippen LogP contribution in [0.2, 0.25) is 10.0 Å². The van der Waals surface area contributed by atoms with E-state index in [9.17, 15) is 18.0 Å². The molecule has 1 N–H and O–H groups in total. The van der Waals surface area contributed by atoms with E-state index in [1.165, 1.54) is 4.90 Å². The fourth-order valence-electron chi connectivity index (χ4n) is 4.04. The second-order valence-corrected chi connectivity index (χ2v) is 11.2. The van der Waals surface area contributed by atoms with Gasteiger partial charge in [0.05, 0.1) is 11.9 Å². The minimum absolute atomic E-state index is 0.0387. The largest absolute Gasteiger partial charge is 0.352 e. The molecule has 0 aliphatic heterocycles. The molecule has 184 valence electrons. The number of para-hydroxylation sites is 1. The number of anilines is 1. The number of hydrogen-bond acceptors (Lipinski definition) is 4. The van der Waals surface area contributed by atoms with E-state index < -0.39 is 28.5 Å². The lowest BCUT2D eigenvalue weighted by Gasteiger charge is -2.32. The van der Waals surface area contributed by atoms with Crippen LogP contribution in [0.25, 0.3) is 0 Å². The van der Waals surface area contributed by atoms with E-state index in [1.807, 2.05) is 0 Å². The van der Waals surface area contributed by atoms with Crippen LogP contribution in [0.5, 0.6) is 0 Å². The molecule has 7 nitrogen and oxygen atoms in total. The summed E-state index contributed by atoms with van der Waals surface area (Å²) >= 11 is 12.7. The molecule has 0 spiro atoms. The summed E-state index contributed by atoms with van der Waals surface area (Å²) < 4.78 is 26.1. The third-order valence-corrected chi connectivity index (χ3v) is 7.83. The minimum atomic E-state index is -3.77. The van der Waals surface area contributed by atoms with Crippen LogP contribution in [0.1, 0.15) is 38.2 Å². The lowest BCUT2D eigenvalue weighted by Crippen LogP contribution is -2.52.